The van der Waals surface area contributed by atoms with Crippen molar-refractivity contribution in [2.75, 3.05) is 13.1 Å². The lowest BCUT2D eigenvalue weighted by atomic mass is 10.2. The minimum Gasteiger partial charge on any atom is -0.372 e. The van der Waals surface area contributed by atoms with Gasteiger partial charge < -0.3 is 9.64 Å². The highest BCUT2D eigenvalue weighted by molar-refractivity contribution is 5.92. The van der Waals surface area contributed by atoms with E-state index >= 15 is 0 Å². The van der Waals surface area contributed by atoms with E-state index in [4.69, 9.17) is 4.74 Å². The van der Waals surface area contributed by atoms with E-state index in [1.165, 1.54) is 0 Å². The number of nitrogens with zero attached hydrogens (tertiary/aromatic N) is 5. The maximum Gasteiger partial charge on any atom is 0.274 e. The van der Waals surface area contributed by atoms with E-state index in [2.05, 4.69) is 15.2 Å². The first-order valence-electron chi connectivity index (χ1n) is 6.90. The molecule has 7 heteroatoms. The van der Waals surface area contributed by atoms with Crippen LogP contribution in [0.2, 0.25) is 0 Å². The number of carbonyl (C=O) groups is 1. The fourth-order valence-electron chi connectivity index (χ4n) is 2.48. The first-order chi connectivity index (χ1) is 10.1. The minimum absolute atomic E-state index is 0.0379. The molecule has 1 fully saturated rings. The number of hydrogen-bond donors (Lipinski definition) is 0. The maximum absolute atomic E-state index is 12.4. The van der Waals surface area contributed by atoms with Crippen LogP contribution in [0.15, 0.2) is 30.9 Å². The molecule has 3 heterocycles. The number of amides is 1. The molecule has 2 unspecified atom stereocenters. The lowest BCUT2D eigenvalue weighted by molar-refractivity contribution is -0.0587. The van der Waals surface area contributed by atoms with Crippen LogP contribution < -0.4 is 0 Å². The van der Waals surface area contributed by atoms with E-state index < -0.39 is 0 Å². The third-order valence-electron chi connectivity index (χ3n) is 3.35. The molecule has 1 aliphatic rings. The lowest BCUT2D eigenvalue weighted by Gasteiger charge is -2.35. The summed E-state index contributed by atoms with van der Waals surface area (Å²) in [7, 11) is 0. The molecule has 2 aromatic heterocycles. The van der Waals surface area contributed by atoms with Crippen LogP contribution in [-0.4, -0.2) is 55.9 Å². The van der Waals surface area contributed by atoms with E-state index in [0.29, 0.717) is 24.6 Å². The largest absolute Gasteiger partial charge is 0.372 e. The van der Waals surface area contributed by atoms with Gasteiger partial charge in [0.25, 0.3) is 5.91 Å². The molecule has 7 nitrogen and oxygen atoms in total. The highest BCUT2D eigenvalue weighted by atomic mass is 16.5. The smallest absolute Gasteiger partial charge is 0.274 e. The van der Waals surface area contributed by atoms with E-state index in [1.54, 1.807) is 40.3 Å². The molecule has 1 saturated heterocycles. The molecule has 0 spiro atoms. The zero-order valence-electron chi connectivity index (χ0n) is 12.0. The van der Waals surface area contributed by atoms with Gasteiger partial charge >= 0.3 is 0 Å². The normalized spacial score (nSPS) is 22.3. The Balaban J connectivity index is 1.76. The van der Waals surface area contributed by atoms with Crippen molar-refractivity contribution >= 4 is 5.91 Å². The quantitative estimate of drug-likeness (QED) is 0.821. The fraction of sp³-hybridized carbons (Fsp3) is 0.429. The highest BCUT2D eigenvalue weighted by Crippen LogP contribution is 2.13. The standard InChI is InChI=1S/C14H17N5O2/c1-10-7-19(8-11(2)21-10)14(20)12-3-4-13(17-16-12)18-6-5-15-9-18/h3-6,9-11H,7-8H2,1-2H3. The Labute approximate surface area is 122 Å². The first-order valence-corrected chi connectivity index (χ1v) is 6.90. The topological polar surface area (TPSA) is 73.1 Å². The first kappa shape index (κ1) is 13.7. The summed E-state index contributed by atoms with van der Waals surface area (Å²) in [5.74, 6) is 0.523. The number of hydrogen-bond acceptors (Lipinski definition) is 5. The van der Waals surface area contributed by atoms with Gasteiger partial charge in [-0.3, -0.25) is 9.36 Å². The van der Waals surface area contributed by atoms with Gasteiger partial charge in [0.05, 0.1) is 12.2 Å². The zero-order valence-corrected chi connectivity index (χ0v) is 12.0. The molecule has 21 heavy (non-hydrogen) atoms. The van der Waals surface area contributed by atoms with Crippen molar-refractivity contribution in [1.29, 1.82) is 0 Å². The Morgan fingerprint density at radius 3 is 2.57 bits per heavy atom. The van der Waals surface area contributed by atoms with Gasteiger partial charge in [0, 0.05) is 25.5 Å². The van der Waals surface area contributed by atoms with Crippen molar-refractivity contribution in [2.45, 2.75) is 26.1 Å². The van der Waals surface area contributed by atoms with Crippen LogP contribution in [0, 0.1) is 0 Å². The van der Waals surface area contributed by atoms with Gasteiger partial charge in [-0.2, -0.15) is 0 Å². The summed E-state index contributed by atoms with van der Waals surface area (Å²) in [6.07, 6.45) is 5.15. The van der Waals surface area contributed by atoms with Crippen LogP contribution in [0.3, 0.4) is 0 Å². The summed E-state index contributed by atoms with van der Waals surface area (Å²) in [5.41, 5.74) is 0.347. The van der Waals surface area contributed by atoms with Crippen molar-refractivity contribution < 1.29 is 9.53 Å². The molecule has 2 atom stereocenters. The molecule has 1 amide bonds. The summed E-state index contributed by atoms with van der Waals surface area (Å²) < 4.78 is 7.37. The lowest BCUT2D eigenvalue weighted by Crippen LogP contribution is -2.48. The van der Waals surface area contributed by atoms with Crippen LogP contribution in [0.5, 0.6) is 0 Å². The molecule has 110 valence electrons. The molecule has 0 radical (unpaired) electrons. The number of ether oxygens (including phenoxy) is 1. The molecule has 0 N–H and O–H groups in total. The summed E-state index contributed by atoms with van der Waals surface area (Å²) in [6.45, 7) is 5.08. The van der Waals surface area contributed by atoms with E-state index in [-0.39, 0.29) is 18.1 Å². The SMILES string of the molecule is CC1CN(C(=O)c2ccc(-n3ccnc3)nn2)CC(C)O1. The van der Waals surface area contributed by atoms with E-state index in [9.17, 15) is 4.79 Å². The van der Waals surface area contributed by atoms with Crippen molar-refractivity contribution in [3.05, 3.63) is 36.5 Å². The Bertz CT molecular complexity index is 601. The summed E-state index contributed by atoms with van der Waals surface area (Å²) >= 11 is 0. The van der Waals surface area contributed by atoms with E-state index in [0.717, 1.165) is 0 Å². The van der Waals surface area contributed by atoms with Crippen LogP contribution >= 0.6 is 0 Å². The number of rotatable bonds is 2. The predicted molar refractivity (Wildman–Crippen MR) is 75.1 cm³/mol. The van der Waals surface area contributed by atoms with Gasteiger partial charge in [0.2, 0.25) is 0 Å². The number of morpholine rings is 1. The minimum atomic E-state index is -0.110. The van der Waals surface area contributed by atoms with Gasteiger partial charge in [-0.05, 0) is 26.0 Å². The monoisotopic (exact) mass is 287 g/mol. The Morgan fingerprint density at radius 1 is 1.24 bits per heavy atom. The average Bonchev–Trinajstić information content (AvgIpc) is 3.00. The second-order valence-corrected chi connectivity index (χ2v) is 5.21. The number of carbonyl (C=O) groups excluding carboxylic acids is 1. The van der Waals surface area contributed by atoms with Gasteiger partial charge in [-0.15, -0.1) is 10.2 Å². The third kappa shape index (κ3) is 2.92. The molecule has 0 saturated carbocycles. The van der Waals surface area contributed by atoms with Crippen molar-refractivity contribution in [3.8, 4) is 5.82 Å². The van der Waals surface area contributed by atoms with Crippen LogP contribution in [0.25, 0.3) is 5.82 Å². The average molecular weight is 287 g/mol. The zero-order chi connectivity index (χ0) is 14.8. The highest BCUT2D eigenvalue weighted by Gasteiger charge is 2.27. The number of imidazole rings is 1. The van der Waals surface area contributed by atoms with Gasteiger partial charge in [-0.1, -0.05) is 0 Å². The second-order valence-electron chi connectivity index (χ2n) is 5.21. The molecule has 0 bridgehead atoms. The van der Waals surface area contributed by atoms with Gasteiger partial charge in [-0.25, -0.2) is 4.98 Å². The van der Waals surface area contributed by atoms with Crippen LogP contribution in [-0.2, 0) is 4.74 Å². The van der Waals surface area contributed by atoms with Crippen LogP contribution in [0.4, 0.5) is 0 Å². The van der Waals surface area contributed by atoms with Crippen LogP contribution in [0.1, 0.15) is 24.3 Å². The molecular formula is C14H17N5O2. The second kappa shape index (κ2) is 5.61. The molecular weight excluding hydrogens is 270 g/mol. The molecule has 0 aromatic carbocycles. The van der Waals surface area contributed by atoms with Gasteiger partial charge in [0.1, 0.15) is 6.33 Å². The molecule has 2 aromatic rings. The number of aromatic nitrogens is 4. The summed E-state index contributed by atoms with van der Waals surface area (Å²) in [6, 6.07) is 3.45. The Morgan fingerprint density at radius 2 is 2.00 bits per heavy atom. The van der Waals surface area contributed by atoms with Gasteiger partial charge in [0.15, 0.2) is 11.5 Å². The Hall–Kier alpha value is -2.28. The molecule has 3 rings (SSSR count). The van der Waals surface area contributed by atoms with Crippen molar-refractivity contribution in [3.63, 3.8) is 0 Å². The summed E-state index contributed by atoms with van der Waals surface area (Å²) in [5, 5.41) is 8.10. The summed E-state index contributed by atoms with van der Waals surface area (Å²) in [4.78, 5) is 18.2. The van der Waals surface area contributed by atoms with Crippen molar-refractivity contribution in [2.24, 2.45) is 0 Å². The van der Waals surface area contributed by atoms with E-state index in [1.807, 2.05) is 13.8 Å². The molecule has 0 aliphatic carbocycles. The van der Waals surface area contributed by atoms with Crippen molar-refractivity contribution in [1.82, 2.24) is 24.6 Å². The maximum atomic E-state index is 12.4. The third-order valence-corrected chi connectivity index (χ3v) is 3.35. The Kier molecular flexibility index (Phi) is 3.66. The molecule has 1 aliphatic heterocycles. The fourth-order valence-corrected chi connectivity index (χ4v) is 2.48. The predicted octanol–water partition coefficient (Wildman–Crippen LogP) is 0.912.